The fraction of sp³-hybridized carbons (Fsp3) is 0.125. The van der Waals surface area contributed by atoms with Gasteiger partial charge in [-0.1, -0.05) is 12.1 Å². The van der Waals surface area contributed by atoms with Gasteiger partial charge >= 0.3 is 37.9 Å². The SMILES string of the molecule is [CH2]Cc1ccc(O)cc1.[Cl][Zr][Cl]. The summed E-state index contributed by atoms with van der Waals surface area (Å²) in [5.41, 5.74) is 1.15. The number of phenols is 1. The number of aromatic hydroxyl groups is 1. The molecule has 0 aliphatic heterocycles. The molecule has 1 rings (SSSR count). The zero-order chi connectivity index (χ0) is 9.40. The van der Waals surface area contributed by atoms with Crippen molar-refractivity contribution in [3.05, 3.63) is 36.8 Å². The van der Waals surface area contributed by atoms with E-state index in [4.69, 9.17) is 22.1 Å². The van der Waals surface area contributed by atoms with Crippen LogP contribution in [0.1, 0.15) is 5.56 Å². The van der Waals surface area contributed by atoms with Crippen molar-refractivity contribution in [1.29, 1.82) is 0 Å². The summed E-state index contributed by atoms with van der Waals surface area (Å²) >= 11 is -0.826. The first kappa shape index (κ1) is 12.5. The number of hydrogen-bond donors (Lipinski definition) is 1. The Morgan fingerprint density at radius 3 is 2.00 bits per heavy atom. The second-order valence-corrected chi connectivity index (χ2v) is 5.72. The monoisotopic (exact) mass is 281 g/mol. The minimum atomic E-state index is -0.826. The van der Waals surface area contributed by atoms with Gasteiger partial charge in [0.15, 0.2) is 0 Å². The fourth-order valence-corrected chi connectivity index (χ4v) is 0.663. The topological polar surface area (TPSA) is 20.2 Å². The summed E-state index contributed by atoms with van der Waals surface area (Å²) in [4.78, 5) is 0. The van der Waals surface area contributed by atoms with Crippen LogP contribution in [-0.4, -0.2) is 5.11 Å². The Morgan fingerprint density at radius 2 is 1.67 bits per heavy atom. The number of benzene rings is 1. The van der Waals surface area contributed by atoms with Crippen molar-refractivity contribution >= 4 is 17.0 Å². The van der Waals surface area contributed by atoms with Crippen molar-refractivity contribution in [3.8, 4) is 5.75 Å². The van der Waals surface area contributed by atoms with Crippen molar-refractivity contribution in [2.24, 2.45) is 0 Å². The number of hydrogen-bond acceptors (Lipinski definition) is 1. The molecule has 4 heteroatoms. The maximum atomic E-state index is 8.83. The van der Waals surface area contributed by atoms with Gasteiger partial charge in [0.25, 0.3) is 0 Å². The third-order valence-corrected chi connectivity index (χ3v) is 1.23. The number of rotatable bonds is 1. The van der Waals surface area contributed by atoms with Gasteiger partial charge in [-0.2, -0.15) is 0 Å². The summed E-state index contributed by atoms with van der Waals surface area (Å²) < 4.78 is 0. The third kappa shape index (κ3) is 6.05. The second kappa shape index (κ2) is 8.10. The van der Waals surface area contributed by atoms with Gasteiger partial charge < -0.3 is 5.11 Å². The molecule has 1 N–H and O–H groups in total. The van der Waals surface area contributed by atoms with Crippen molar-refractivity contribution in [1.82, 2.24) is 0 Å². The molecule has 0 aliphatic carbocycles. The average molecular weight is 283 g/mol. The average Bonchev–Trinajstić information content (AvgIpc) is 2.07. The molecule has 1 radical (unpaired) electrons. The summed E-state index contributed by atoms with van der Waals surface area (Å²) in [6, 6.07) is 7.06. The molecule has 0 heterocycles. The molecule has 0 saturated heterocycles. The molecule has 1 aromatic rings. The molecule has 0 bridgehead atoms. The molecule has 0 amide bonds. The van der Waals surface area contributed by atoms with Crippen LogP contribution in [0.5, 0.6) is 5.75 Å². The Labute approximate surface area is 91.4 Å². The summed E-state index contributed by atoms with van der Waals surface area (Å²) in [5, 5.41) is 8.83. The predicted molar refractivity (Wildman–Crippen MR) is 48.9 cm³/mol. The summed E-state index contributed by atoms with van der Waals surface area (Å²) in [6.07, 6.45) is 0.778. The zero-order valence-corrected chi connectivity index (χ0v) is 10.4. The first-order valence-electron chi connectivity index (χ1n) is 3.28. The molecule has 12 heavy (non-hydrogen) atoms. The summed E-state index contributed by atoms with van der Waals surface area (Å²) in [7, 11) is 9.87. The molecule has 1 aromatic carbocycles. The Bertz CT molecular complexity index is 201. The normalized spacial score (nSPS) is 8.25. The van der Waals surface area contributed by atoms with E-state index < -0.39 is 20.8 Å². The van der Waals surface area contributed by atoms with Gasteiger partial charge in [-0.15, -0.1) is 0 Å². The fourth-order valence-electron chi connectivity index (χ4n) is 0.663. The van der Waals surface area contributed by atoms with Gasteiger partial charge in [0.2, 0.25) is 0 Å². The Morgan fingerprint density at radius 1 is 1.25 bits per heavy atom. The van der Waals surface area contributed by atoms with Crippen LogP contribution >= 0.6 is 17.0 Å². The quantitative estimate of drug-likeness (QED) is 0.839. The van der Waals surface area contributed by atoms with E-state index in [1.54, 1.807) is 12.1 Å². The maximum absolute atomic E-state index is 8.83. The van der Waals surface area contributed by atoms with Gasteiger partial charge in [0.1, 0.15) is 5.75 Å². The molecule has 65 valence electrons. The summed E-state index contributed by atoms with van der Waals surface area (Å²) in [5.74, 6) is 0.312. The second-order valence-electron chi connectivity index (χ2n) is 1.99. The van der Waals surface area contributed by atoms with Crippen molar-refractivity contribution in [2.75, 3.05) is 0 Å². The Balaban J connectivity index is 0.000000354. The van der Waals surface area contributed by atoms with E-state index >= 15 is 0 Å². The van der Waals surface area contributed by atoms with E-state index in [-0.39, 0.29) is 0 Å². The van der Waals surface area contributed by atoms with Crippen LogP contribution in [0.15, 0.2) is 24.3 Å². The molecule has 0 saturated carbocycles. The van der Waals surface area contributed by atoms with Crippen LogP contribution in [0.3, 0.4) is 0 Å². The molecule has 0 fully saturated rings. The van der Waals surface area contributed by atoms with Gasteiger partial charge in [0.05, 0.1) is 0 Å². The van der Waals surface area contributed by atoms with E-state index in [0.717, 1.165) is 12.0 Å². The van der Waals surface area contributed by atoms with E-state index in [1.165, 1.54) is 0 Å². The van der Waals surface area contributed by atoms with Crippen LogP contribution in [0, 0.1) is 6.92 Å². The first-order valence-corrected chi connectivity index (χ1v) is 9.61. The number of halogens is 2. The van der Waals surface area contributed by atoms with E-state index in [0.29, 0.717) is 5.75 Å². The third-order valence-electron chi connectivity index (χ3n) is 1.23. The molecule has 1 nitrogen and oxygen atoms in total. The predicted octanol–water partition coefficient (Wildman–Crippen LogP) is 3.15. The van der Waals surface area contributed by atoms with Crippen molar-refractivity contribution in [2.45, 2.75) is 6.42 Å². The standard InChI is InChI=1S/C8H9O.2ClH.Zr/c1-2-7-3-5-8(9)6-4-7;;;/h3-6,9H,1-2H2;2*1H;/q;;;+2/p-2. The van der Waals surface area contributed by atoms with Crippen LogP contribution in [0.4, 0.5) is 0 Å². The van der Waals surface area contributed by atoms with Crippen LogP contribution in [-0.2, 0) is 27.3 Å². The van der Waals surface area contributed by atoms with Crippen molar-refractivity contribution in [3.63, 3.8) is 0 Å². The molecular formula is C8H9Cl2OZr. The van der Waals surface area contributed by atoms with E-state index in [9.17, 15) is 0 Å². The summed E-state index contributed by atoms with van der Waals surface area (Å²) in [6.45, 7) is 3.70. The van der Waals surface area contributed by atoms with Gasteiger partial charge in [0, 0.05) is 0 Å². The van der Waals surface area contributed by atoms with Gasteiger partial charge in [-0.05, 0) is 31.0 Å². The molecule has 0 unspecified atom stereocenters. The first-order chi connectivity index (χ1) is 5.74. The van der Waals surface area contributed by atoms with Crippen LogP contribution in [0.2, 0.25) is 0 Å². The van der Waals surface area contributed by atoms with Crippen LogP contribution < -0.4 is 0 Å². The Kier molecular flexibility index (Phi) is 8.42. The molecule has 0 aromatic heterocycles. The molecular weight excluding hydrogens is 274 g/mol. The minimum absolute atomic E-state index is 0.312. The number of phenolic OH excluding ortho intramolecular Hbond substituents is 1. The van der Waals surface area contributed by atoms with Crippen LogP contribution in [0.25, 0.3) is 0 Å². The molecule has 0 atom stereocenters. The van der Waals surface area contributed by atoms with Gasteiger partial charge in [-0.25, -0.2) is 0 Å². The Hall–Kier alpha value is 0.483. The molecule has 0 aliphatic rings. The van der Waals surface area contributed by atoms with E-state index in [1.807, 2.05) is 12.1 Å². The zero-order valence-electron chi connectivity index (χ0n) is 6.43. The van der Waals surface area contributed by atoms with E-state index in [2.05, 4.69) is 6.92 Å². The van der Waals surface area contributed by atoms with Gasteiger partial charge in [-0.3, -0.25) is 0 Å². The van der Waals surface area contributed by atoms with Crippen molar-refractivity contribution < 1.29 is 26.0 Å². The molecule has 0 spiro atoms.